The van der Waals surface area contributed by atoms with Crippen LogP contribution in [0.1, 0.15) is 26.7 Å². The van der Waals surface area contributed by atoms with Crippen molar-refractivity contribution < 1.29 is 10.2 Å². The van der Waals surface area contributed by atoms with Crippen LogP contribution in [-0.2, 0) is 6.54 Å². The van der Waals surface area contributed by atoms with Crippen LogP contribution >= 0.6 is 0 Å². The standard InChI is InChI=1S/C13H25N3O2/c1-13(2,5-3-8-17)11-14-9-12(18)10-16-7-4-6-15-16/h4,6-7,12,14,17-18H,3,5,8-11H2,1-2H3. The lowest BCUT2D eigenvalue weighted by Crippen LogP contribution is -2.36. The molecule has 0 aromatic carbocycles. The number of hydrogen-bond acceptors (Lipinski definition) is 4. The summed E-state index contributed by atoms with van der Waals surface area (Å²) in [6.07, 6.45) is 4.92. The molecule has 1 rings (SSSR count). The summed E-state index contributed by atoms with van der Waals surface area (Å²) in [5.41, 5.74) is 0.147. The average Bonchev–Trinajstić information content (AvgIpc) is 2.79. The van der Waals surface area contributed by atoms with Gasteiger partial charge in [0.05, 0.1) is 12.6 Å². The van der Waals surface area contributed by atoms with Gasteiger partial charge in [-0.15, -0.1) is 0 Å². The monoisotopic (exact) mass is 255 g/mol. The van der Waals surface area contributed by atoms with Crippen molar-refractivity contribution in [2.45, 2.75) is 39.3 Å². The molecule has 1 aromatic heterocycles. The van der Waals surface area contributed by atoms with Gasteiger partial charge in [0.2, 0.25) is 0 Å². The van der Waals surface area contributed by atoms with Crippen LogP contribution in [0.3, 0.4) is 0 Å². The summed E-state index contributed by atoms with van der Waals surface area (Å²) in [7, 11) is 0. The fourth-order valence-corrected chi connectivity index (χ4v) is 1.91. The number of hydrogen-bond donors (Lipinski definition) is 3. The van der Waals surface area contributed by atoms with Crippen LogP contribution < -0.4 is 5.32 Å². The van der Waals surface area contributed by atoms with Gasteiger partial charge >= 0.3 is 0 Å². The van der Waals surface area contributed by atoms with Gasteiger partial charge in [-0.1, -0.05) is 13.8 Å². The molecule has 0 radical (unpaired) electrons. The van der Waals surface area contributed by atoms with Gasteiger partial charge < -0.3 is 15.5 Å². The Morgan fingerprint density at radius 3 is 2.83 bits per heavy atom. The zero-order valence-electron chi connectivity index (χ0n) is 11.3. The van der Waals surface area contributed by atoms with Crippen molar-refractivity contribution in [1.29, 1.82) is 0 Å². The predicted octanol–water partition coefficient (Wildman–Crippen LogP) is 0.632. The highest BCUT2D eigenvalue weighted by atomic mass is 16.3. The SMILES string of the molecule is CC(C)(CCCO)CNCC(O)Cn1cccn1. The Labute approximate surface area is 109 Å². The molecule has 5 heteroatoms. The van der Waals surface area contributed by atoms with Crippen molar-refractivity contribution in [1.82, 2.24) is 15.1 Å². The Balaban J connectivity index is 2.16. The molecule has 0 aliphatic rings. The molecule has 0 amide bonds. The molecule has 0 aliphatic heterocycles. The summed E-state index contributed by atoms with van der Waals surface area (Å²) in [6, 6.07) is 1.85. The van der Waals surface area contributed by atoms with Crippen molar-refractivity contribution in [3.8, 4) is 0 Å². The van der Waals surface area contributed by atoms with Crippen molar-refractivity contribution in [2.75, 3.05) is 19.7 Å². The molecular formula is C13H25N3O2. The van der Waals surface area contributed by atoms with Crippen molar-refractivity contribution in [3.05, 3.63) is 18.5 Å². The van der Waals surface area contributed by atoms with E-state index < -0.39 is 6.10 Å². The first kappa shape index (κ1) is 15.1. The number of aliphatic hydroxyl groups excluding tert-OH is 2. The molecule has 1 atom stereocenters. The lowest BCUT2D eigenvalue weighted by Gasteiger charge is -2.25. The first-order valence-corrected chi connectivity index (χ1v) is 6.50. The molecule has 0 fully saturated rings. The Hall–Kier alpha value is -0.910. The van der Waals surface area contributed by atoms with E-state index >= 15 is 0 Å². The van der Waals surface area contributed by atoms with Crippen molar-refractivity contribution in [3.63, 3.8) is 0 Å². The highest BCUT2D eigenvalue weighted by Gasteiger charge is 2.17. The second kappa shape index (κ2) is 7.51. The smallest absolute Gasteiger partial charge is 0.0860 e. The summed E-state index contributed by atoms with van der Waals surface area (Å²) >= 11 is 0. The maximum absolute atomic E-state index is 9.83. The van der Waals surface area contributed by atoms with E-state index in [-0.39, 0.29) is 12.0 Å². The molecule has 0 bridgehead atoms. The summed E-state index contributed by atoms with van der Waals surface area (Å²) in [6.45, 7) is 6.47. The Morgan fingerprint density at radius 2 is 2.22 bits per heavy atom. The van der Waals surface area contributed by atoms with Gasteiger partial charge in [-0.05, 0) is 24.3 Å². The van der Waals surface area contributed by atoms with Gasteiger partial charge in [0.1, 0.15) is 0 Å². The number of aliphatic hydroxyl groups is 2. The van der Waals surface area contributed by atoms with Crippen LogP contribution in [-0.4, -0.2) is 45.8 Å². The first-order valence-electron chi connectivity index (χ1n) is 6.50. The lowest BCUT2D eigenvalue weighted by atomic mass is 9.88. The van der Waals surface area contributed by atoms with Gasteiger partial charge in [0.15, 0.2) is 0 Å². The number of aromatic nitrogens is 2. The van der Waals surface area contributed by atoms with Gasteiger partial charge in [0.25, 0.3) is 0 Å². The van der Waals surface area contributed by atoms with E-state index in [4.69, 9.17) is 5.11 Å². The Morgan fingerprint density at radius 1 is 1.44 bits per heavy atom. The molecule has 0 saturated heterocycles. The molecule has 1 unspecified atom stereocenters. The van der Waals surface area contributed by atoms with Crippen LogP contribution in [0, 0.1) is 5.41 Å². The van der Waals surface area contributed by atoms with E-state index in [1.54, 1.807) is 10.9 Å². The molecule has 18 heavy (non-hydrogen) atoms. The molecule has 0 aliphatic carbocycles. The second-order valence-electron chi connectivity index (χ2n) is 5.50. The minimum Gasteiger partial charge on any atom is -0.396 e. The number of nitrogens with zero attached hydrogens (tertiary/aromatic N) is 2. The van der Waals surface area contributed by atoms with Crippen LogP contribution in [0.5, 0.6) is 0 Å². The van der Waals surface area contributed by atoms with Crippen LogP contribution in [0.25, 0.3) is 0 Å². The third-order valence-electron chi connectivity index (χ3n) is 2.95. The quantitative estimate of drug-likeness (QED) is 0.605. The van der Waals surface area contributed by atoms with Crippen LogP contribution in [0.15, 0.2) is 18.5 Å². The fraction of sp³-hybridized carbons (Fsp3) is 0.769. The molecule has 0 spiro atoms. The number of nitrogens with one attached hydrogen (secondary N) is 1. The molecule has 104 valence electrons. The summed E-state index contributed by atoms with van der Waals surface area (Å²) < 4.78 is 1.73. The van der Waals surface area contributed by atoms with E-state index in [9.17, 15) is 5.11 Å². The first-order chi connectivity index (χ1) is 8.53. The normalized spacial score (nSPS) is 13.8. The maximum Gasteiger partial charge on any atom is 0.0860 e. The van der Waals surface area contributed by atoms with Gasteiger partial charge in [-0.25, -0.2) is 0 Å². The average molecular weight is 255 g/mol. The van der Waals surface area contributed by atoms with Crippen molar-refractivity contribution >= 4 is 0 Å². The molecular weight excluding hydrogens is 230 g/mol. The van der Waals surface area contributed by atoms with Gasteiger partial charge in [-0.3, -0.25) is 4.68 Å². The highest BCUT2D eigenvalue weighted by molar-refractivity contribution is 4.79. The Bertz CT molecular complexity index is 312. The molecule has 0 saturated carbocycles. The van der Waals surface area contributed by atoms with E-state index in [1.807, 2.05) is 12.3 Å². The van der Waals surface area contributed by atoms with Gasteiger partial charge in [0, 0.05) is 32.1 Å². The molecule has 1 aromatic rings. The zero-order chi connectivity index (χ0) is 13.4. The van der Waals surface area contributed by atoms with Crippen molar-refractivity contribution in [2.24, 2.45) is 5.41 Å². The van der Waals surface area contributed by atoms with Crippen LogP contribution in [0.2, 0.25) is 0 Å². The van der Waals surface area contributed by atoms with Crippen LogP contribution in [0.4, 0.5) is 0 Å². The summed E-state index contributed by atoms with van der Waals surface area (Å²) in [5.74, 6) is 0. The van der Waals surface area contributed by atoms with E-state index in [0.29, 0.717) is 13.1 Å². The minimum atomic E-state index is -0.432. The highest BCUT2D eigenvalue weighted by Crippen LogP contribution is 2.20. The minimum absolute atomic E-state index is 0.147. The van der Waals surface area contributed by atoms with E-state index in [2.05, 4.69) is 24.3 Å². The number of rotatable bonds is 9. The molecule has 5 nitrogen and oxygen atoms in total. The van der Waals surface area contributed by atoms with E-state index in [0.717, 1.165) is 19.4 Å². The molecule has 1 heterocycles. The zero-order valence-corrected chi connectivity index (χ0v) is 11.3. The lowest BCUT2D eigenvalue weighted by molar-refractivity contribution is 0.140. The third-order valence-corrected chi connectivity index (χ3v) is 2.95. The molecule has 3 N–H and O–H groups in total. The topological polar surface area (TPSA) is 70.3 Å². The second-order valence-corrected chi connectivity index (χ2v) is 5.50. The summed E-state index contributed by atoms with van der Waals surface area (Å²) in [5, 5.41) is 26.0. The predicted molar refractivity (Wildman–Crippen MR) is 71.2 cm³/mol. The van der Waals surface area contributed by atoms with E-state index in [1.165, 1.54) is 0 Å². The largest absolute Gasteiger partial charge is 0.396 e. The van der Waals surface area contributed by atoms with Gasteiger partial charge in [-0.2, -0.15) is 5.10 Å². The fourth-order valence-electron chi connectivity index (χ4n) is 1.91. The maximum atomic E-state index is 9.83. The third kappa shape index (κ3) is 6.14. The Kier molecular flexibility index (Phi) is 6.32. The summed E-state index contributed by atoms with van der Waals surface area (Å²) in [4.78, 5) is 0.